The number of carbonyl (C=O) groups is 1. The number of hydrogen-bond donors (Lipinski definition) is 1. The third kappa shape index (κ3) is 2.95. The molecule has 2 fully saturated rings. The molecular weight excluding hydrogens is 204 g/mol. The Hall–Kier alpha value is -0.610. The fourth-order valence-corrected chi connectivity index (χ4v) is 2.56. The van der Waals surface area contributed by atoms with Crippen LogP contribution >= 0.6 is 0 Å². The van der Waals surface area contributed by atoms with Crippen molar-refractivity contribution in [3.05, 3.63) is 0 Å². The molecule has 1 N–H and O–H groups in total. The Morgan fingerprint density at radius 1 is 1.50 bits per heavy atom. The van der Waals surface area contributed by atoms with E-state index in [9.17, 15) is 4.79 Å². The van der Waals surface area contributed by atoms with Crippen molar-refractivity contribution < 1.29 is 9.53 Å². The number of hydrogen-bond acceptors (Lipinski definition) is 3. The maximum atomic E-state index is 12.0. The first-order chi connectivity index (χ1) is 7.77. The number of amides is 1. The predicted molar refractivity (Wildman–Crippen MR) is 62.2 cm³/mol. The van der Waals surface area contributed by atoms with Gasteiger partial charge in [-0.3, -0.25) is 4.79 Å². The number of nitrogens with one attached hydrogen (secondary N) is 1. The summed E-state index contributed by atoms with van der Waals surface area (Å²) in [5.74, 6) is 0.752. The first-order valence-corrected chi connectivity index (χ1v) is 6.36. The van der Waals surface area contributed by atoms with Crippen LogP contribution in [0.3, 0.4) is 0 Å². The molecule has 0 aromatic heterocycles. The van der Waals surface area contributed by atoms with Crippen molar-refractivity contribution >= 4 is 5.91 Å². The van der Waals surface area contributed by atoms with Crippen LogP contribution in [0.4, 0.5) is 0 Å². The van der Waals surface area contributed by atoms with Gasteiger partial charge < -0.3 is 15.0 Å². The van der Waals surface area contributed by atoms with Crippen LogP contribution in [-0.4, -0.2) is 49.7 Å². The van der Waals surface area contributed by atoms with Crippen LogP contribution in [0.1, 0.15) is 26.2 Å². The average molecular weight is 226 g/mol. The molecule has 2 atom stereocenters. The van der Waals surface area contributed by atoms with Crippen molar-refractivity contribution in [1.29, 1.82) is 0 Å². The zero-order valence-corrected chi connectivity index (χ0v) is 10.1. The highest BCUT2D eigenvalue weighted by Gasteiger charge is 2.25. The van der Waals surface area contributed by atoms with Crippen molar-refractivity contribution in [2.45, 2.75) is 32.2 Å². The maximum Gasteiger partial charge on any atom is 0.223 e. The monoisotopic (exact) mass is 226 g/mol. The molecule has 0 spiro atoms. The summed E-state index contributed by atoms with van der Waals surface area (Å²) in [7, 11) is 0. The molecule has 0 aromatic carbocycles. The van der Waals surface area contributed by atoms with Gasteiger partial charge in [-0.2, -0.15) is 0 Å². The van der Waals surface area contributed by atoms with Crippen molar-refractivity contribution in [2.24, 2.45) is 5.92 Å². The minimum Gasteiger partial charge on any atom is -0.378 e. The molecule has 0 aliphatic carbocycles. The Labute approximate surface area is 97.3 Å². The van der Waals surface area contributed by atoms with Crippen LogP contribution in [0.15, 0.2) is 0 Å². The Morgan fingerprint density at radius 3 is 2.88 bits per heavy atom. The molecule has 2 heterocycles. The minimum atomic E-state index is 0.296. The average Bonchev–Trinajstić information content (AvgIpc) is 2.83. The summed E-state index contributed by atoms with van der Waals surface area (Å²) in [6, 6.07) is 0.546. The Morgan fingerprint density at radius 2 is 2.25 bits per heavy atom. The van der Waals surface area contributed by atoms with Gasteiger partial charge in [0, 0.05) is 25.6 Å². The summed E-state index contributed by atoms with van der Waals surface area (Å²) in [5, 5.41) is 3.47. The van der Waals surface area contributed by atoms with Gasteiger partial charge in [0.2, 0.25) is 5.91 Å². The van der Waals surface area contributed by atoms with Crippen LogP contribution < -0.4 is 5.32 Å². The summed E-state index contributed by atoms with van der Waals surface area (Å²) in [6.07, 6.45) is 3.15. The molecule has 0 bridgehead atoms. The molecule has 92 valence electrons. The molecule has 0 aromatic rings. The van der Waals surface area contributed by atoms with E-state index in [1.165, 1.54) is 12.8 Å². The van der Waals surface area contributed by atoms with E-state index in [0.717, 1.165) is 19.6 Å². The predicted octanol–water partition coefficient (Wildman–Crippen LogP) is 0.623. The van der Waals surface area contributed by atoms with Crippen LogP contribution in [0.5, 0.6) is 0 Å². The van der Waals surface area contributed by atoms with E-state index in [4.69, 9.17) is 4.74 Å². The van der Waals surface area contributed by atoms with Gasteiger partial charge >= 0.3 is 0 Å². The van der Waals surface area contributed by atoms with E-state index in [1.807, 2.05) is 4.90 Å². The third-order valence-corrected chi connectivity index (χ3v) is 3.65. The zero-order valence-electron chi connectivity index (χ0n) is 10.1. The highest BCUT2D eigenvalue weighted by Crippen LogP contribution is 2.18. The van der Waals surface area contributed by atoms with Gasteiger partial charge in [-0.1, -0.05) is 6.92 Å². The second-order valence-electron chi connectivity index (χ2n) is 4.88. The lowest BCUT2D eigenvalue weighted by molar-refractivity contribution is -0.136. The summed E-state index contributed by atoms with van der Waals surface area (Å²) in [4.78, 5) is 13.9. The van der Waals surface area contributed by atoms with Gasteiger partial charge in [-0.25, -0.2) is 0 Å². The van der Waals surface area contributed by atoms with E-state index in [1.54, 1.807) is 0 Å². The largest absolute Gasteiger partial charge is 0.378 e. The molecule has 1 amide bonds. The topological polar surface area (TPSA) is 41.6 Å². The molecule has 2 rings (SSSR count). The SMILES string of the molecule is C[C@H](CC(=O)N1CCOCC1)[C@@H]1CCCN1. The number of ether oxygens (including phenoxy) is 1. The van der Waals surface area contributed by atoms with Gasteiger partial charge in [0.05, 0.1) is 13.2 Å². The second-order valence-corrected chi connectivity index (χ2v) is 4.88. The van der Waals surface area contributed by atoms with Crippen molar-refractivity contribution in [3.8, 4) is 0 Å². The molecular formula is C12H22N2O2. The summed E-state index contributed by atoms with van der Waals surface area (Å²) in [6.45, 7) is 6.22. The smallest absolute Gasteiger partial charge is 0.223 e. The molecule has 0 radical (unpaired) electrons. The van der Waals surface area contributed by atoms with Crippen molar-refractivity contribution in [3.63, 3.8) is 0 Å². The fraction of sp³-hybridized carbons (Fsp3) is 0.917. The van der Waals surface area contributed by atoms with Crippen LogP contribution in [-0.2, 0) is 9.53 Å². The number of morpholine rings is 1. The van der Waals surface area contributed by atoms with Crippen LogP contribution in [0, 0.1) is 5.92 Å². The van der Waals surface area contributed by atoms with Gasteiger partial charge in [0.1, 0.15) is 0 Å². The lowest BCUT2D eigenvalue weighted by Gasteiger charge is -2.29. The summed E-state index contributed by atoms with van der Waals surface area (Å²) in [5.41, 5.74) is 0. The lowest BCUT2D eigenvalue weighted by atomic mass is 9.96. The summed E-state index contributed by atoms with van der Waals surface area (Å²) >= 11 is 0. The Kier molecular flexibility index (Phi) is 4.18. The van der Waals surface area contributed by atoms with Crippen molar-refractivity contribution in [1.82, 2.24) is 10.2 Å². The fourth-order valence-electron chi connectivity index (χ4n) is 2.56. The normalized spacial score (nSPS) is 28.1. The zero-order chi connectivity index (χ0) is 11.4. The quantitative estimate of drug-likeness (QED) is 0.767. The number of rotatable bonds is 3. The standard InChI is InChI=1S/C12H22N2O2/c1-10(11-3-2-4-13-11)9-12(15)14-5-7-16-8-6-14/h10-11,13H,2-9H2,1H3/t10-,11+/m1/s1. The Bertz CT molecular complexity index is 233. The molecule has 2 saturated heterocycles. The first kappa shape index (κ1) is 11.9. The maximum absolute atomic E-state index is 12.0. The molecule has 2 aliphatic rings. The lowest BCUT2D eigenvalue weighted by Crippen LogP contribution is -2.42. The second kappa shape index (κ2) is 5.64. The molecule has 0 unspecified atom stereocenters. The van der Waals surface area contributed by atoms with Crippen LogP contribution in [0.2, 0.25) is 0 Å². The van der Waals surface area contributed by atoms with Gasteiger partial charge in [0.25, 0.3) is 0 Å². The molecule has 0 saturated carbocycles. The molecule has 4 nitrogen and oxygen atoms in total. The highest BCUT2D eigenvalue weighted by molar-refractivity contribution is 5.76. The van der Waals surface area contributed by atoms with Crippen molar-refractivity contribution in [2.75, 3.05) is 32.8 Å². The van der Waals surface area contributed by atoms with Crippen LogP contribution in [0.25, 0.3) is 0 Å². The van der Waals surface area contributed by atoms with Gasteiger partial charge in [-0.15, -0.1) is 0 Å². The number of carbonyl (C=O) groups excluding carboxylic acids is 1. The minimum absolute atomic E-state index is 0.296. The number of nitrogens with zero attached hydrogens (tertiary/aromatic N) is 1. The molecule has 2 aliphatic heterocycles. The van der Waals surface area contributed by atoms with E-state index < -0.39 is 0 Å². The third-order valence-electron chi connectivity index (χ3n) is 3.65. The van der Waals surface area contributed by atoms with E-state index in [-0.39, 0.29) is 0 Å². The van der Waals surface area contributed by atoms with E-state index in [2.05, 4.69) is 12.2 Å². The molecule has 16 heavy (non-hydrogen) atoms. The first-order valence-electron chi connectivity index (χ1n) is 6.36. The van der Waals surface area contributed by atoms with E-state index >= 15 is 0 Å². The molecule has 4 heteroatoms. The van der Waals surface area contributed by atoms with Gasteiger partial charge in [-0.05, 0) is 25.3 Å². The van der Waals surface area contributed by atoms with E-state index in [0.29, 0.717) is 37.5 Å². The van der Waals surface area contributed by atoms with Gasteiger partial charge in [0.15, 0.2) is 0 Å². The Balaban J connectivity index is 1.76. The summed E-state index contributed by atoms with van der Waals surface area (Å²) < 4.78 is 5.25. The highest BCUT2D eigenvalue weighted by atomic mass is 16.5.